The van der Waals surface area contributed by atoms with Gasteiger partial charge >= 0.3 is 0 Å². The van der Waals surface area contributed by atoms with Crippen LogP contribution in [0.25, 0.3) is 0 Å². The van der Waals surface area contributed by atoms with E-state index >= 15 is 0 Å². The maximum atomic E-state index is 11.1. The van der Waals surface area contributed by atoms with Gasteiger partial charge in [0, 0.05) is 12.5 Å². The molecule has 0 atom stereocenters. The van der Waals surface area contributed by atoms with Crippen molar-refractivity contribution in [3.8, 4) is 5.88 Å². The molecule has 21 heavy (non-hydrogen) atoms. The molecule has 0 spiro atoms. The number of ether oxygens (including phenoxy) is 1. The molecule has 1 heterocycles. The van der Waals surface area contributed by atoms with Crippen LogP contribution in [0.5, 0.6) is 5.88 Å². The lowest BCUT2D eigenvalue weighted by Crippen LogP contribution is -2.29. The van der Waals surface area contributed by atoms with E-state index in [9.17, 15) is 4.79 Å². The lowest BCUT2D eigenvalue weighted by molar-refractivity contribution is -0.122. The van der Waals surface area contributed by atoms with Crippen LogP contribution in [0, 0.1) is 11.8 Å². The number of hydrogen-bond acceptors (Lipinski definition) is 5. The van der Waals surface area contributed by atoms with E-state index in [2.05, 4.69) is 15.3 Å². The molecule has 1 amide bonds. The number of nitrogens with zero attached hydrogens (tertiary/aromatic N) is 2. The summed E-state index contributed by atoms with van der Waals surface area (Å²) in [6.45, 7) is 4.75. The van der Waals surface area contributed by atoms with E-state index in [0.29, 0.717) is 11.8 Å². The third-order valence-electron chi connectivity index (χ3n) is 3.79. The average Bonchev–Trinajstić information content (AvgIpc) is 2.45. The zero-order valence-corrected chi connectivity index (χ0v) is 12.7. The third kappa shape index (κ3) is 4.88. The van der Waals surface area contributed by atoms with Crippen molar-refractivity contribution in [2.75, 3.05) is 11.9 Å². The van der Waals surface area contributed by atoms with Crippen LogP contribution >= 0.6 is 0 Å². The van der Waals surface area contributed by atoms with Crippen LogP contribution in [-0.4, -0.2) is 28.5 Å². The van der Waals surface area contributed by atoms with Crippen LogP contribution in [0.3, 0.4) is 0 Å². The Morgan fingerprint density at radius 2 is 2.10 bits per heavy atom. The Hall–Kier alpha value is -1.85. The Bertz CT molecular complexity index is 470. The van der Waals surface area contributed by atoms with E-state index in [1.54, 1.807) is 12.4 Å². The molecular formula is C15H24N4O2. The highest BCUT2D eigenvalue weighted by Crippen LogP contribution is 2.28. The van der Waals surface area contributed by atoms with Crippen LogP contribution in [0.15, 0.2) is 12.4 Å². The van der Waals surface area contributed by atoms with Crippen molar-refractivity contribution in [2.24, 2.45) is 17.6 Å². The lowest BCUT2D eigenvalue weighted by Gasteiger charge is -2.26. The molecule has 1 aromatic rings. The van der Waals surface area contributed by atoms with Gasteiger partial charge in [-0.25, -0.2) is 0 Å². The summed E-state index contributed by atoms with van der Waals surface area (Å²) < 4.78 is 5.52. The van der Waals surface area contributed by atoms with Gasteiger partial charge in [-0.15, -0.1) is 0 Å². The highest BCUT2D eigenvalue weighted by atomic mass is 16.5. The van der Waals surface area contributed by atoms with Gasteiger partial charge in [-0.05, 0) is 45.4 Å². The number of carbonyl (C=O) groups excluding carboxylic acids is 1. The minimum atomic E-state index is -0.161. The Labute approximate surface area is 125 Å². The maximum absolute atomic E-state index is 11.1. The Morgan fingerprint density at radius 1 is 1.38 bits per heavy atom. The molecule has 116 valence electrons. The first-order valence-electron chi connectivity index (χ1n) is 7.56. The van der Waals surface area contributed by atoms with Gasteiger partial charge in [0.25, 0.3) is 0 Å². The molecule has 6 nitrogen and oxygen atoms in total. The summed E-state index contributed by atoms with van der Waals surface area (Å²) in [6, 6.07) is 0. The summed E-state index contributed by atoms with van der Waals surface area (Å²) in [5, 5.41) is 3.30. The molecule has 2 rings (SSSR count). The second-order valence-electron chi connectivity index (χ2n) is 5.91. The number of aromatic nitrogens is 2. The number of rotatable bonds is 6. The van der Waals surface area contributed by atoms with Gasteiger partial charge in [0.05, 0.1) is 18.5 Å². The van der Waals surface area contributed by atoms with E-state index in [-0.39, 0.29) is 17.9 Å². The zero-order chi connectivity index (χ0) is 15.2. The highest BCUT2D eigenvalue weighted by Gasteiger charge is 2.24. The fourth-order valence-corrected chi connectivity index (χ4v) is 2.63. The SMILES string of the molecule is CC(C)Oc1cncc(NCC2CCC(C(N)=O)CC2)n1. The lowest BCUT2D eigenvalue weighted by atomic mass is 9.81. The Kier molecular flexibility index (Phi) is 5.36. The summed E-state index contributed by atoms with van der Waals surface area (Å²) in [6.07, 6.45) is 7.23. The molecule has 0 aliphatic heterocycles. The molecular weight excluding hydrogens is 268 g/mol. The summed E-state index contributed by atoms with van der Waals surface area (Å²) >= 11 is 0. The first-order valence-corrected chi connectivity index (χ1v) is 7.56. The summed E-state index contributed by atoms with van der Waals surface area (Å²) in [5.74, 6) is 1.71. The quantitative estimate of drug-likeness (QED) is 0.836. The maximum Gasteiger partial charge on any atom is 0.234 e. The molecule has 3 N–H and O–H groups in total. The molecule has 1 aliphatic rings. The average molecular weight is 292 g/mol. The van der Waals surface area contributed by atoms with E-state index in [1.165, 1.54) is 0 Å². The molecule has 0 radical (unpaired) electrons. The Morgan fingerprint density at radius 3 is 2.71 bits per heavy atom. The van der Waals surface area contributed by atoms with Crippen molar-refractivity contribution >= 4 is 11.7 Å². The van der Waals surface area contributed by atoms with E-state index < -0.39 is 0 Å². The largest absolute Gasteiger partial charge is 0.474 e. The van der Waals surface area contributed by atoms with Crippen LogP contribution in [-0.2, 0) is 4.79 Å². The molecule has 1 aliphatic carbocycles. The number of primary amides is 1. The summed E-state index contributed by atoms with van der Waals surface area (Å²) in [5.41, 5.74) is 5.35. The molecule has 1 aromatic heterocycles. The fraction of sp³-hybridized carbons (Fsp3) is 0.667. The van der Waals surface area contributed by atoms with E-state index in [1.807, 2.05) is 13.8 Å². The molecule has 0 bridgehead atoms. The highest BCUT2D eigenvalue weighted by molar-refractivity contribution is 5.76. The van der Waals surface area contributed by atoms with Gasteiger partial charge in [0.1, 0.15) is 5.82 Å². The standard InChI is InChI=1S/C15H24N4O2/c1-10(2)21-14-9-17-8-13(19-14)18-7-11-3-5-12(6-4-11)15(16)20/h8-12H,3-7H2,1-2H3,(H2,16,20)(H,18,19). The second-order valence-corrected chi connectivity index (χ2v) is 5.91. The third-order valence-corrected chi connectivity index (χ3v) is 3.79. The summed E-state index contributed by atoms with van der Waals surface area (Å²) in [4.78, 5) is 19.6. The molecule has 0 aromatic carbocycles. The van der Waals surface area contributed by atoms with Crippen molar-refractivity contribution in [2.45, 2.75) is 45.6 Å². The number of amides is 1. The predicted molar refractivity (Wildman–Crippen MR) is 80.9 cm³/mol. The van der Waals surface area contributed by atoms with E-state index in [4.69, 9.17) is 10.5 Å². The first kappa shape index (κ1) is 15.5. The molecule has 0 saturated heterocycles. The topological polar surface area (TPSA) is 90.1 Å². The number of anilines is 1. The molecule has 1 saturated carbocycles. The van der Waals surface area contributed by atoms with Crippen molar-refractivity contribution in [1.82, 2.24) is 9.97 Å². The van der Waals surface area contributed by atoms with Crippen molar-refractivity contribution < 1.29 is 9.53 Å². The Balaban J connectivity index is 1.80. The van der Waals surface area contributed by atoms with Gasteiger partial charge < -0.3 is 15.8 Å². The zero-order valence-electron chi connectivity index (χ0n) is 12.7. The predicted octanol–water partition coefficient (Wildman–Crippen LogP) is 1.97. The number of nitrogens with two attached hydrogens (primary N) is 1. The van der Waals surface area contributed by atoms with Crippen LogP contribution in [0.1, 0.15) is 39.5 Å². The van der Waals surface area contributed by atoms with E-state index in [0.717, 1.165) is 38.0 Å². The van der Waals surface area contributed by atoms with Gasteiger partial charge in [-0.3, -0.25) is 9.78 Å². The monoisotopic (exact) mass is 292 g/mol. The van der Waals surface area contributed by atoms with Crippen molar-refractivity contribution in [1.29, 1.82) is 0 Å². The van der Waals surface area contributed by atoms with Crippen molar-refractivity contribution in [3.63, 3.8) is 0 Å². The minimum absolute atomic E-state index is 0.0591. The van der Waals surface area contributed by atoms with Gasteiger partial charge in [-0.1, -0.05) is 0 Å². The number of hydrogen-bond donors (Lipinski definition) is 2. The van der Waals surface area contributed by atoms with Gasteiger partial charge in [0.15, 0.2) is 0 Å². The van der Waals surface area contributed by atoms with Crippen LogP contribution < -0.4 is 15.8 Å². The molecule has 6 heteroatoms. The minimum Gasteiger partial charge on any atom is -0.474 e. The summed E-state index contributed by atoms with van der Waals surface area (Å²) in [7, 11) is 0. The number of nitrogens with one attached hydrogen (secondary N) is 1. The first-order chi connectivity index (χ1) is 10.0. The van der Waals surface area contributed by atoms with Crippen LogP contribution in [0.2, 0.25) is 0 Å². The molecule has 1 fully saturated rings. The van der Waals surface area contributed by atoms with Crippen LogP contribution in [0.4, 0.5) is 5.82 Å². The molecule has 0 unspecified atom stereocenters. The fourth-order valence-electron chi connectivity index (χ4n) is 2.63. The van der Waals surface area contributed by atoms with Gasteiger partial charge in [-0.2, -0.15) is 4.98 Å². The normalized spacial score (nSPS) is 22.0. The smallest absolute Gasteiger partial charge is 0.234 e. The van der Waals surface area contributed by atoms with Crippen molar-refractivity contribution in [3.05, 3.63) is 12.4 Å². The van der Waals surface area contributed by atoms with Gasteiger partial charge in [0.2, 0.25) is 11.8 Å². The number of carbonyl (C=O) groups is 1. The second kappa shape index (κ2) is 7.24.